The fraction of sp³-hybridized carbons (Fsp3) is 0.667. The van der Waals surface area contributed by atoms with E-state index in [9.17, 15) is 4.79 Å². The molecular formula is C15H22N2OS. The molecule has 104 valence electrons. The molecule has 3 N–H and O–H groups in total. The molecule has 1 amide bonds. The molecule has 0 spiro atoms. The predicted octanol–water partition coefficient (Wildman–Crippen LogP) is 2.41. The molecule has 0 aromatic carbocycles. The molecule has 0 aliphatic heterocycles. The number of hydrogen-bond donors (Lipinski definition) is 2. The number of nitrogens with two attached hydrogens (primary N) is 1. The van der Waals surface area contributed by atoms with Crippen LogP contribution in [0.4, 0.5) is 0 Å². The summed E-state index contributed by atoms with van der Waals surface area (Å²) in [6, 6.07) is 2.44. The molecule has 2 aliphatic carbocycles. The standard InChI is InChI=1S/C15H22N2OS/c16-9-10-3-1-5-13(10)17-15(18)12-4-2-6-14-11(12)7-8-19-14/h7-8,10,12-13H,1-6,9,16H2,(H,17,18). The minimum Gasteiger partial charge on any atom is -0.353 e. The van der Waals surface area contributed by atoms with Crippen LogP contribution in [0.2, 0.25) is 0 Å². The lowest BCUT2D eigenvalue weighted by molar-refractivity contribution is -0.123. The van der Waals surface area contributed by atoms with Crippen molar-refractivity contribution in [3.63, 3.8) is 0 Å². The van der Waals surface area contributed by atoms with Gasteiger partial charge in [0.15, 0.2) is 0 Å². The second-order valence-electron chi connectivity index (χ2n) is 5.79. The summed E-state index contributed by atoms with van der Waals surface area (Å²) in [6.45, 7) is 0.694. The van der Waals surface area contributed by atoms with Crippen LogP contribution in [0.3, 0.4) is 0 Å². The lowest BCUT2D eigenvalue weighted by Crippen LogP contribution is -2.42. The predicted molar refractivity (Wildman–Crippen MR) is 78.3 cm³/mol. The average Bonchev–Trinajstić information content (AvgIpc) is 3.05. The lowest BCUT2D eigenvalue weighted by atomic mass is 9.86. The van der Waals surface area contributed by atoms with Crippen molar-refractivity contribution < 1.29 is 4.79 Å². The highest BCUT2D eigenvalue weighted by atomic mass is 32.1. The summed E-state index contributed by atoms with van der Waals surface area (Å²) in [6.07, 6.45) is 6.73. The summed E-state index contributed by atoms with van der Waals surface area (Å²) < 4.78 is 0. The van der Waals surface area contributed by atoms with Gasteiger partial charge in [0.25, 0.3) is 0 Å². The van der Waals surface area contributed by atoms with Gasteiger partial charge in [0.2, 0.25) is 5.91 Å². The minimum atomic E-state index is 0.0778. The Morgan fingerprint density at radius 2 is 2.26 bits per heavy atom. The normalized spacial score (nSPS) is 30.1. The number of aryl methyl sites for hydroxylation is 1. The third kappa shape index (κ3) is 2.56. The maximum Gasteiger partial charge on any atom is 0.227 e. The monoisotopic (exact) mass is 278 g/mol. The third-order valence-electron chi connectivity index (χ3n) is 4.66. The van der Waals surface area contributed by atoms with Crippen molar-refractivity contribution in [3.8, 4) is 0 Å². The number of hydrogen-bond acceptors (Lipinski definition) is 3. The van der Waals surface area contributed by atoms with E-state index in [1.165, 1.54) is 16.9 Å². The molecule has 2 aliphatic rings. The first-order chi connectivity index (χ1) is 9.29. The summed E-state index contributed by atoms with van der Waals surface area (Å²) in [5.74, 6) is 0.785. The summed E-state index contributed by atoms with van der Waals surface area (Å²) in [5.41, 5.74) is 7.06. The summed E-state index contributed by atoms with van der Waals surface area (Å²) in [5, 5.41) is 5.39. The Morgan fingerprint density at radius 3 is 3.11 bits per heavy atom. The molecular weight excluding hydrogens is 256 g/mol. The van der Waals surface area contributed by atoms with E-state index in [0.717, 1.165) is 32.1 Å². The molecule has 1 saturated carbocycles. The van der Waals surface area contributed by atoms with Crippen molar-refractivity contribution in [1.82, 2.24) is 5.32 Å². The van der Waals surface area contributed by atoms with Gasteiger partial charge in [-0.25, -0.2) is 0 Å². The molecule has 1 aromatic rings. The molecule has 0 saturated heterocycles. The number of thiophene rings is 1. The first-order valence-electron chi connectivity index (χ1n) is 7.36. The molecule has 1 aromatic heterocycles. The Kier molecular flexibility index (Phi) is 3.89. The second kappa shape index (κ2) is 5.63. The number of amides is 1. The largest absolute Gasteiger partial charge is 0.353 e. The zero-order valence-electron chi connectivity index (χ0n) is 11.2. The fourth-order valence-corrected chi connectivity index (χ4v) is 4.54. The Labute approximate surface area is 118 Å². The third-order valence-corrected chi connectivity index (χ3v) is 5.65. The number of carbonyl (C=O) groups excluding carboxylic acids is 1. The van der Waals surface area contributed by atoms with Crippen LogP contribution in [-0.4, -0.2) is 18.5 Å². The maximum absolute atomic E-state index is 12.5. The quantitative estimate of drug-likeness (QED) is 0.892. The van der Waals surface area contributed by atoms with Crippen LogP contribution in [0.25, 0.3) is 0 Å². The highest BCUT2D eigenvalue weighted by Gasteiger charge is 2.32. The van der Waals surface area contributed by atoms with E-state index in [4.69, 9.17) is 5.73 Å². The van der Waals surface area contributed by atoms with Gasteiger partial charge in [-0.3, -0.25) is 4.79 Å². The first kappa shape index (κ1) is 13.1. The van der Waals surface area contributed by atoms with Crippen molar-refractivity contribution >= 4 is 17.2 Å². The zero-order chi connectivity index (χ0) is 13.2. The molecule has 0 radical (unpaired) electrons. The van der Waals surface area contributed by atoms with E-state index in [-0.39, 0.29) is 11.8 Å². The van der Waals surface area contributed by atoms with E-state index in [1.54, 1.807) is 11.3 Å². The van der Waals surface area contributed by atoms with Gasteiger partial charge in [-0.2, -0.15) is 0 Å². The molecule has 1 fully saturated rings. The van der Waals surface area contributed by atoms with E-state index in [0.29, 0.717) is 18.5 Å². The van der Waals surface area contributed by atoms with Gasteiger partial charge in [0.05, 0.1) is 5.92 Å². The van der Waals surface area contributed by atoms with E-state index in [2.05, 4.69) is 16.8 Å². The summed E-state index contributed by atoms with van der Waals surface area (Å²) in [7, 11) is 0. The van der Waals surface area contributed by atoms with Crippen LogP contribution in [0.5, 0.6) is 0 Å². The van der Waals surface area contributed by atoms with E-state index in [1.807, 2.05) is 0 Å². The van der Waals surface area contributed by atoms with Crippen LogP contribution >= 0.6 is 11.3 Å². The van der Waals surface area contributed by atoms with Crippen LogP contribution in [0.15, 0.2) is 11.4 Å². The fourth-order valence-electron chi connectivity index (χ4n) is 3.55. The number of fused-ring (bicyclic) bond motifs is 1. The molecule has 3 unspecified atom stereocenters. The smallest absolute Gasteiger partial charge is 0.227 e. The van der Waals surface area contributed by atoms with Gasteiger partial charge in [-0.05, 0) is 61.6 Å². The SMILES string of the molecule is NCC1CCCC1NC(=O)C1CCCc2sccc21. The lowest BCUT2D eigenvalue weighted by Gasteiger charge is -2.26. The Morgan fingerprint density at radius 1 is 1.37 bits per heavy atom. The van der Waals surface area contributed by atoms with Crippen LogP contribution in [-0.2, 0) is 11.2 Å². The second-order valence-corrected chi connectivity index (χ2v) is 6.79. The molecule has 3 atom stereocenters. The Hall–Kier alpha value is -0.870. The summed E-state index contributed by atoms with van der Waals surface area (Å²) in [4.78, 5) is 13.9. The Balaban J connectivity index is 1.69. The number of nitrogens with one attached hydrogen (secondary N) is 1. The topological polar surface area (TPSA) is 55.1 Å². The Bertz CT molecular complexity index is 457. The van der Waals surface area contributed by atoms with Gasteiger partial charge < -0.3 is 11.1 Å². The zero-order valence-corrected chi connectivity index (χ0v) is 12.0. The van der Waals surface area contributed by atoms with Crippen molar-refractivity contribution in [2.75, 3.05) is 6.54 Å². The highest BCUT2D eigenvalue weighted by Crippen LogP contribution is 2.35. The van der Waals surface area contributed by atoms with Crippen molar-refractivity contribution in [3.05, 3.63) is 21.9 Å². The van der Waals surface area contributed by atoms with Crippen LogP contribution < -0.4 is 11.1 Å². The van der Waals surface area contributed by atoms with Gasteiger partial charge in [0, 0.05) is 10.9 Å². The van der Waals surface area contributed by atoms with Crippen LogP contribution in [0, 0.1) is 5.92 Å². The number of rotatable bonds is 3. The van der Waals surface area contributed by atoms with E-state index < -0.39 is 0 Å². The molecule has 19 heavy (non-hydrogen) atoms. The first-order valence-corrected chi connectivity index (χ1v) is 8.24. The molecule has 1 heterocycles. The van der Waals surface area contributed by atoms with E-state index >= 15 is 0 Å². The minimum absolute atomic E-state index is 0.0778. The van der Waals surface area contributed by atoms with Gasteiger partial charge >= 0.3 is 0 Å². The van der Waals surface area contributed by atoms with Gasteiger partial charge in [-0.15, -0.1) is 11.3 Å². The highest BCUT2D eigenvalue weighted by molar-refractivity contribution is 7.10. The van der Waals surface area contributed by atoms with Crippen molar-refractivity contribution in [1.29, 1.82) is 0 Å². The number of carbonyl (C=O) groups is 1. The van der Waals surface area contributed by atoms with Crippen molar-refractivity contribution in [2.24, 2.45) is 11.7 Å². The van der Waals surface area contributed by atoms with Gasteiger partial charge in [0.1, 0.15) is 0 Å². The maximum atomic E-state index is 12.5. The summed E-state index contributed by atoms with van der Waals surface area (Å²) >= 11 is 1.79. The van der Waals surface area contributed by atoms with Crippen LogP contribution in [0.1, 0.15) is 48.5 Å². The average molecular weight is 278 g/mol. The molecule has 0 bridgehead atoms. The van der Waals surface area contributed by atoms with Gasteiger partial charge in [-0.1, -0.05) is 6.42 Å². The molecule has 3 rings (SSSR count). The molecule has 3 nitrogen and oxygen atoms in total. The van der Waals surface area contributed by atoms with Crippen molar-refractivity contribution in [2.45, 2.75) is 50.5 Å². The molecule has 4 heteroatoms.